The molecule has 0 spiro atoms. The van der Waals surface area contributed by atoms with Gasteiger partial charge < -0.3 is 14.8 Å². The first kappa shape index (κ1) is 16.8. The Labute approximate surface area is 148 Å². The molecule has 8 heteroatoms. The number of fused-ring (bicyclic) bond motifs is 1. The van der Waals surface area contributed by atoms with Crippen LogP contribution in [0.3, 0.4) is 0 Å². The van der Waals surface area contributed by atoms with Crippen LogP contribution in [0.2, 0.25) is 0 Å². The van der Waals surface area contributed by atoms with Gasteiger partial charge in [-0.1, -0.05) is 0 Å². The van der Waals surface area contributed by atoms with Gasteiger partial charge in [0.2, 0.25) is 0 Å². The van der Waals surface area contributed by atoms with Crippen LogP contribution >= 0.6 is 23.1 Å². The predicted octanol–water partition coefficient (Wildman–Crippen LogP) is 4.00. The molecule has 2 aromatic heterocycles. The molecule has 0 fully saturated rings. The van der Waals surface area contributed by atoms with Gasteiger partial charge in [0.25, 0.3) is 0 Å². The van der Waals surface area contributed by atoms with Gasteiger partial charge in [-0.3, -0.25) is 4.98 Å². The van der Waals surface area contributed by atoms with E-state index in [9.17, 15) is 0 Å². The summed E-state index contributed by atoms with van der Waals surface area (Å²) in [4.78, 5) is 11.6. The Balaban J connectivity index is 2.16. The molecule has 0 saturated carbocycles. The molecule has 0 aliphatic rings. The van der Waals surface area contributed by atoms with Crippen molar-refractivity contribution in [3.63, 3.8) is 0 Å². The average molecular weight is 365 g/mol. The number of ether oxygens (including phenoxy) is 2. The fourth-order valence-electron chi connectivity index (χ4n) is 2.45. The number of aryl methyl sites for hydroxylation is 1. The van der Waals surface area contributed by atoms with Gasteiger partial charge in [0, 0.05) is 16.2 Å². The Bertz CT molecular complexity index is 869. The van der Waals surface area contributed by atoms with Crippen LogP contribution in [0.25, 0.3) is 10.8 Å². The molecular formula is C16H17ClN4O2S. The second-order valence-corrected chi connectivity index (χ2v) is 6.23. The van der Waals surface area contributed by atoms with E-state index in [0.29, 0.717) is 18.0 Å². The summed E-state index contributed by atoms with van der Waals surface area (Å²) in [5, 5.41) is 8.01. The molecule has 0 atom stereocenters. The fraction of sp³-hybridized carbons (Fsp3) is 0.250. The van der Waals surface area contributed by atoms with Crippen molar-refractivity contribution >= 4 is 44.7 Å². The van der Waals surface area contributed by atoms with Crippen LogP contribution in [0.4, 0.5) is 10.8 Å². The minimum absolute atomic E-state index is 0.435. The Morgan fingerprint density at radius 1 is 1.17 bits per heavy atom. The van der Waals surface area contributed by atoms with E-state index in [2.05, 4.69) is 20.1 Å². The molecule has 0 aliphatic heterocycles. The molecule has 3 rings (SSSR count). The highest BCUT2D eigenvalue weighted by atomic mass is 35.5. The first-order valence-electron chi connectivity index (χ1n) is 7.22. The predicted molar refractivity (Wildman–Crippen MR) is 97.7 cm³/mol. The first-order valence-corrected chi connectivity index (χ1v) is 8.48. The number of nitrogens with one attached hydrogen (secondary N) is 2. The van der Waals surface area contributed by atoms with Crippen LogP contribution in [0, 0.1) is 6.92 Å². The summed E-state index contributed by atoms with van der Waals surface area (Å²) in [6.07, 6.45) is 1.77. The topological polar surface area (TPSA) is 68.3 Å². The summed E-state index contributed by atoms with van der Waals surface area (Å²) in [5.41, 5.74) is 2.64. The van der Waals surface area contributed by atoms with Crippen molar-refractivity contribution in [2.75, 3.05) is 19.5 Å². The Morgan fingerprint density at radius 2 is 1.88 bits per heavy atom. The summed E-state index contributed by atoms with van der Waals surface area (Å²) in [6, 6.07) is 3.83. The van der Waals surface area contributed by atoms with Gasteiger partial charge >= 0.3 is 0 Å². The van der Waals surface area contributed by atoms with E-state index < -0.39 is 0 Å². The molecule has 0 bridgehead atoms. The molecule has 0 aliphatic carbocycles. The van der Waals surface area contributed by atoms with E-state index in [0.717, 1.165) is 33.0 Å². The molecule has 0 saturated heterocycles. The van der Waals surface area contributed by atoms with Gasteiger partial charge in [-0.2, -0.15) is 0 Å². The molecule has 6 nitrogen and oxygen atoms in total. The minimum Gasteiger partial charge on any atom is -0.493 e. The lowest BCUT2D eigenvalue weighted by atomic mass is 10.1. The third-order valence-electron chi connectivity index (χ3n) is 3.57. The van der Waals surface area contributed by atoms with Crippen LogP contribution < -0.4 is 19.6 Å². The average Bonchev–Trinajstić information content (AvgIpc) is 3.01. The van der Waals surface area contributed by atoms with E-state index in [1.165, 1.54) is 0 Å². The number of nitrogens with zero attached hydrogens (tertiary/aromatic N) is 2. The van der Waals surface area contributed by atoms with Crippen molar-refractivity contribution < 1.29 is 9.47 Å². The smallest absolute Gasteiger partial charge is 0.187 e. The van der Waals surface area contributed by atoms with Crippen LogP contribution in [-0.4, -0.2) is 24.2 Å². The van der Waals surface area contributed by atoms with Crippen molar-refractivity contribution in [1.82, 2.24) is 14.8 Å². The Hall–Kier alpha value is -2.09. The minimum atomic E-state index is 0.435. The van der Waals surface area contributed by atoms with Crippen LogP contribution in [0.5, 0.6) is 11.5 Å². The van der Waals surface area contributed by atoms with Crippen molar-refractivity contribution in [2.45, 2.75) is 13.5 Å². The molecule has 1 aromatic carbocycles. The van der Waals surface area contributed by atoms with Gasteiger partial charge in [0.05, 0.1) is 44.0 Å². The monoisotopic (exact) mass is 364 g/mol. The maximum Gasteiger partial charge on any atom is 0.187 e. The van der Waals surface area contributed by atoms with E-state index in [1.54, 1.807) is 31.8 Å². The van der Waals surface area contributed by atoms with E-state index >= 15 is 0 Å². The fourth-order valence-corrected chi connectivity index (χ4v) is 3.28. The molecule has 0 radical (unpaired) electrons. The lowest BCUT2D eigenvalue weighted by Gasteiger charge is -2.14. The Morgan fingerprint density at radius 3 is 2.46 bits per heavy atom. The molecule has 0 amide bonds. The summed E-state index contributed by atoms with van der Waals surface area (Å²) in [5.74, 6) is 1.30. The van der Waals surface area contributed by atoms with Crippen LogP contribution in [0.15, 0.2) is 23.7 Å². The van der Waals surface area contributed by atoms with Gasteiger partial charge in [-0.15, -0.1) is 11.3 Å². The lowest BCUT2D eigenvalue weighted by Crippen LogP contribution is -2.04. The van der Waals surface area contributed by atoms with E-state index in [-0.39, 0.29) is 0 Å². The number of anilines is 2. The molecule has 0 unspecified atom stereocenters. The molecule has 2 N–H and O–H groups in total. The zero-order valence-corrected chi connectivity index (χ0v) is 15.1. The highest BCUT2D eigenvalue weighted by molar-refractivity contribution is 7.13. The zero-order valence-electron chi connectivity index (χ0n) is 13.5. The number of pyridine rings is 1. The Kier molecular flexibility index (Phi) is 5.03. The SMILES string of the molecule is COc1cc2c(Nc3nc(C)cs3)cnc(CNCl)c2cc1OC. The number of hydrogen-bond acceptors (Lipinski definition) is 7. The highest BCUT2D eigenvalue weighted by Gasteiger charge is 2.14. The lowest BCUT2D eigenvalue weighted by molar-refractivity contribution is 0.356. The van der Waals surface area contributed by atoms with Gasteiger partial charge in [0.15, 0.2) is 16.6 Å². The van der Waals surface area contributed by atoms with Gasteiger partial charge in [-0.25, -0.2) is 9.82 Å². The first-order chi connectivity index (χ1) is 11.7. The van der Waals surface area contributed by atoms with Gasteiger partial charge in [0.1, 0.15) is 0 Å². The van der Waals surface area contributed by atoms with Crippen molar-refractivity contribution in [1.29, 1.82) is 0 Å². The molecular weight excluding hydrogens is 348 g/mol. The third-order valence-corrected chi connectivity index (χ3v) is 4.58. The maximum atomic E-state index is 5.67. The number of halogens is 1. The second-order valence-electron chi connectivity index (χ2n) is 5.10. The van der Waals surface area contributed by atoms with Crippen molar-refractivity contribution in [2.24, 2.45) is 0 Å². The number of hydrogen-bond donors (Lipinski definition) is 2. The zero-order chi connectivity index (χ0) is 17.1. The largest absolute Gasteiger partial charge is 0.493 e. The van der Waals surface area contributed by atoms with Crippen molar-refractivity contribution in [3.05, 3.63) is 35.1 Å². The number of methoxy groups -OCH3 is 2. The highest BCUT2D eigenvalue weighted by Crippen LogP contribution is 2.37. The second kappa shape index (κ2) is 7.21. The van der Waals surface area contributed by atoms with Gasteiger partial charge in [-0.05, 0) is 30.8 Å². The summed E-state index contributed by atoms with van der Waals surface area (Å²) in [7, 11) is 3.22. The molecule has 3 aromatic rings. The summed E-state index contributed by atoms with van der Waals surface area (Å²) in [6.45, 7) is 2.39. The third kappa shape index (κ3) is 3.24. The van der Waals surface area contributed by atoms with E-state index in [1.807, 2.05) is 24.4 Å². The quantitative estimate of drug-likeness (QED) is 0.644. The van der Waals surface area contributed by atoms with E-state index in [4.69, 9.17) is 21.3 Å². The normalized spacial score (nSPS) is 10.8. The standard InChI is InChI=1S/C16H17ClN4O2S/c1-9-8-24-16(20-9)21-13-6-18-12(7-19-17)10-4-14(22-2)15(23-3)5-11(10)13/h4-6,8,19H,7H2,1-3H3,(H,20,21). The number of benzene rings is 1. The van der Waals surface area contributed by atoms with Crippen LogP contribution in [-0.2, 0) is 6.54 Å². The van der Waals surface area contributed by atoms with Crippen molar-refractivity contribution in [3.8, 4) is 11.5 Å². The maximum absolute atomic E-state index is 5.67. The number of rotatable bonds is 6. The number of aromatic nitrogens is 2. The molecule has 2 heterocycles. The molecule has 126 valence electrons. The van der Waals surface area contributed by atoms with Crippen LogP contribution in [0.1, 0.15) is 11.4 Å². The summed E-state index contributed by atoms with van der Waals surface area (Å²) >= 11 is 7.22. The summed E-state index contributed by atoms with van der Waals surface area (Å²) < 4.78 is 10.8. The molecule has 24 heavy (non-hydrogen) atoms. The number of thiazole rings is 1.